The zero-order chi connectivity index (χ0) is 14.0. The van der Waals surface area contributed by atoms with Gasteiger partial charge in [0.1, 0.15) is 5.60 Å². The number of hydrogen-bond donors (Lipinski definition) is 2. The Morgan fingerprint density at radius 2 is 2.05 bits per heavy atom. The first-order valence-electron chi connectivity index (χ1n) is 7.98. The maximum Gasteiger partial charge on any atom is 0.105 e. The molecular weight excluding hydrogens is 248 g/mol. The van der Waals surface area contributed by atoms with Crippen LogP contribution in [0.25, 0.3) is 0 Å². The molecule has 3 heteroatoms. The van der Waals surface area contributed by atoms with E-state index in [1.165, 1.54) is 18.4 Å². The SMILES string of the molecule is CC[C@H](c1ccccc1)N1CCCC[C@H]1C1(O)CNC1. The molecule has 0 aromatic heterocycles. The fourth-order valence-electron chi connectivity index (χ4n) is 3.86. The van der Waals surface area contributed by atoms with Crippen molar-refractivity contribution in [1.82, 2.24) is 10.2 Å². The Balaban J connectivity index is 1.84. The fraction of sp³-hybridized carbons (Fsp3) is 0.647. The number of nitrogens with zero attached hydrogens (tertiary/aromatic N) is 1. The molecule has 2 N–H and O–H groups in total. The van der Waals surface area contributed by atoms with Gasteiger partial charge in [-0.3, -0.25) is 4.90 Å². The van der Waals surface area contributed by atoms with Gasteiger partial charge < -0.3 is 10.4 Å². The van der Waals surface area contributed by atoms with Crippen molar-refractivity contribution in [2.45, 2.75) is 50.3 Å². The average Bonchev–Trinajstić information content (AvgIpc) is 2.47. The number of aliphatic hydroxyl groups is 1. The summed E-state index contributed by atoms with van der Waals surface area (Å²) in [6.45, 7) is 4.87. The Bertz CT molecular complexity index is 430. The van der Waals surface area contributed by atoms with Crippen LogP contribution < -0.4 is 5.32 Å². The minimum atomic E-state index is -0.511. The molecule has 2 atom stereocenters. The van der Waals surface area contributed by atoms with E-state index in [-0.39, 0.29) is 0 Å². The number of piperidine rings is 1. The van der Waals surface area contributed by atoms with Crippen LogP contribution in [0, 0.1) is 0 Å². The summed E-state index contributed by atoms with van der Waals surface area (Å²) in [6, 6.07) is 11.5. The van der Waals surface area contributed by atoms with Crippen molar-refractivity contribution >= 4 is 0 Å². The highest BCUT2D eigenvalue weighted by Crippen LogP contribution is 2.36. The van der Waals surface area contributed by atoms with E-state index in [0.29, 0.717) is 12.1 Å². The standard InChI is InChI=1S/C17H26N2O/c1-2-15(14-8-4-3-5-9-14)19-11-7-6-10-16(19)17(20)12-18-13-17/h3-5,8-9,15-16,18,20H,2,6-7,10-13H2,1H3/t15-,16+/m1/s1. The number of nitrogens with one attached hydrogen (secondary N) is 1. The van der Waals surface area contributed by atoms with E-state index >= 15 is 0 Å². The molecule has 0 saturated carbocycles. The predicted molar refractivity (Wildman–Crippen MR) is 81.6 cm³/mol. The molecule has 0 radical (unpaired) electrons. The van der Waals surface area contributed by atoms with Crippen LogP contribution in [0.4, 0.5) is 0 Å². The van der Waals surface area contributed by atoms with Crippen LogP contribution in [-0.2, 0) is 0 Å². The minimum absolute atomic E-state index is 0.308. The Kier molecular flexibility index (Phi) is 4.11. The summed E-state index contributed by atoms with van der Waals surface area (Å²) in [5.74, 6) is 0. The highest BCUT2D eigenvalue weighted by Gasteiger charge is 2.47. The third-order valence-electron chi connectivity index (χ3n) is 5.00. The van der Waals surface area contributed by atoms with E-state index in [1.54, 1.807) is 0 Å². The molecule has 3 rings (SSSR count). The molecule has 0 bridgehead atoms. The summed E-state index contributed by atoms with van der Waals surface area (Å²) >= 11 is 0. The van der Waals surface area contributed by atoms with Gasteiger partial charge in [0.15, 0.2) is 0 Å². The van der Waals surface area contributed by atoms with Crippen molar-refractivity contribution < 1.29 is 5.11 Å². The quantitative estimate of drug-likeness (QED) is 0.884. The highest BCUT2D eigenvalue weighted by atomic mass is 16.3. The molecule has 2 heterocycles. The second-order valence-corrected chi connectivity index (χ2v) is 6.29. The number of benzene rings is 1. The van der Waals surface area contributed by atoms with Crippen molar-refractivity contribution in [1.29, 1.82) is 0 Å². The molecule has 2 saturated heterocycles. The van der Waals surface area contributed by atoms with Crippen molar-refractivity contribution in [2.75, 3.05) is 19.6 Å². The topological polar surface area (TPSA) is 35.5 Å². The second kappa shape index (κ2) is 5.84. The monoisotopic (exact) mass is 274 g/mol. The summed E-state index contributed by atoms with van der Waals surface area (Å²) in [4.78, 5) is 2.57. The van der Waals surface area contributed by atoms with Crippen molar-refractivity contribution in [3.8, 4) is 0 Å². The lowest BCUT2D eigenvalue weighted by Gasteiger charge is -2.52. The van der Waals surface area contributed by atoms with Gasteiger partial charge in [0.05, 0.1) is 0 Å². The molecule has 110 valence electrons. The van der Waals surface area contributed by atoms with Crippen LogP contribution in [0.1, 0.15) is 44.2 Å². The van der Waals surface area contributed by atoms with Gasteiger partial charge in [-0.1, -0.05) is 43.7 Å². The first-order valence-corrected chi connectivity index (χ1v) is 7.98. The normalized spacial score (nSPS) is 27.8. The van der Waals surface area contributed by atoms with Gasteiger partial charge >= 0.3 is 0 Å². The first kappa shape index (κ1) is 14.1. The van der Waals surface area contributed by atoms with Gasteiger partial charge in [-0.2, -0.15) is 0 Å². The van der Waals surface area contributed by atoms with Crippen LogP contribution in [0.2, 0.25) is 0 Å². The van der Waals surface area contributed by atoms with E-state index in [2.05, 4.69) is 47.5 Å². The predicted octanol–water partition coefficient (Wildman–Crippen LogP) is 2.33. The molecular formula is C17H26N2O. The van der Waals surface area contributed by atoms with Crippen LogP contribution in [0.5, 0.6) is 0 Å². The summed E-state index contributed by atoms with van der Waals surface area (Å²) in [5, 5.41) is 14.0. The summed E-state index contributed by atoms with van der Waals surface area (Å²) < 4.78 is 0. The molecule has 20 heavy (non-hydrogen) atoms. The largest absolute Gasteiger partial charge is 0.386 e. The van der Waals surface area contributed by atoms with Crippen LogP contribution in [-0.4, -0.2) is 41.3 Å². The zero-order valence-corrected chi connectivity index (χ0v) is 12.4. The second-order valence-electron chi connectivity index (χ2n) is 6.29. The van der Waals surface area contributed by atoms with E-state index < -0.39 is 5.60 Å². The number of β-amino-alcohol motifs (C(OH)–C–C–N with tert-alkyl or cyclic N) is 1. The third-order valence-corrected chi connectivity index (χ3v) is 5.00. The highest BCUT2D eigenvalue weighted by molar-refractivity contribution is 5.20. The Morgan fingerprint density at radius 1 is 1.30 bits per heavy atom. The maximum atomic E-state index is 10.8. The molecule has 3 nitrogen and oxygen atoms in total. The number of rotatable bonds is 4. The molecule has 0 amide bonds. The molecule has 0 aliphatic carbocycles. The van der Waals surface area contributed by atoms with E-state index in [9.17, 15) is 5.11 Å². The van der Waals surface area contributed by atoms with Crippen molar-refractivity contribution in [2.24, 2.45) is 0 Å². The lowest BCUT2D eigenvalue weighted by atomic mass is 9.80. The third kappa shape index (κ3) is 2.50. The van der Waals surface area contributed by atoms with Crippen LogP contribution >= 0.6 is 0 Å². The summed E-state index contributed by atoms with van der Waals surface area (Å²) in [6.07, 6.45) is 4.73. The molecule has 2 fully saturated rings. The van der Waals surface area contributed by atoms with Gasteiger partial charge in [0.25, 0.3) is 0 Å². The van der Waals surface area contributed by atoms with Gasteiger partial charge in [0, 0.05) is 25.2 Å². The van der Waals surface area contributed by atoms with Gasteiger partial charge in [-0.25, -0.2) is 0 Å². The van der Waals surface area contributed by atoms with E-state index in [4.69, 9.17) is 0 Å². The Hall–Kier alpha value is -0.900. The lowest BCUT2D eigenvalue weighted by molar-refractivity contribution is -0.107. The van der Waals surface area contributed by atoms with Crippen molar-refractivity contribution in [3.63, 3.8) is 0 Å². The minimum Gasteiger partial charge on any atom is -0.386 e. The smallest absolute Gasteiger partial charge is 0.105 e. The molecule has 0 unspecified atom stereocenters. The number of hydrogen-bond acceptors (Lipinski definition) is 3. The maximum absolute atomic E-state index is 10.8. The van der Waals surface area contributed by atoms with Gasteiger partial charge in [-0.05, 0) is 31.4 Å². The molecule has 2 aliphatic rings. The fourth-order valence-corrected chi connectivity index (χ4v) is 3.86. The zero-order valence-electron chi connectivity index (χ0n) is 12.4. The summed E-state index contributed by atoms with van der Waals surface area (Å²) in [5.41, 5.74) is 0.876. The van der Waals surface area contributed by atoms with Crippen LogP contribution in [0.15, 0.2) is 30.3 Å². The van der Waals surface area contributed by atoms with E-state index in [0.717, 1.165) is 32.5 Å². The lowest BCUT2D eigenvalue weighted by Crippen LogP contribution is -2.70. The average molecular weight is 274 g/mol. The molecule has 0 spiro atoms. The van der Waals surface area contributed by atoms with Crippen molar-refractivity contribution in [3.05, 3.63) is 35.9 Å². The molecule has 1 aromatic carbocycles. The Labute approximate surface area is 122 Å². The molecule has 1 aromatic rings. The van der Waals surface area contributed by atoms with Gasteiger partial charge in [-0.15, -0.1) is 0 Å². The molecule has 2 aliphatic heterocycles. The number of likely N-dealkylation sites (tertiary alicyclic amines) is 1. The summed E-state index contributed by atoms with van der Waals surface area (Å²) in [7, 11) is 0. The van der Waals surface area contributed by atoms with Crippen LogP contribution in [0.3, 0.4) is 0 Å². The van der Waals surface area contributed by atoms with Gasteiger partial charge in [0.2, 0.25) is 0 Å². The van der Waals surface area contributed by atoms with E-state index in [1.807, 2.05) is 0 Å². The first-order chi connectivity index (χ1) is 9.74. The Morgan fingerprint density at radius 3 is 2.65 bits per heavy atom.